The topological polar surface area (TPSA) is 74.7 Å². The number of aromatic carboxylic acids is 1. The first-order valence-corrected chi connectivity index (χ1v) is 8.46. The van der Waals surface area contributed by atoms with Crippen molar-refractivity contribution in [1.29, 1.82) is 0 Å². The van der Waals surface area contributed by atoms with Crippen molar-refractivity contribution in [2.24, 2.45) is 5.92 Å². The van der Waals surface area contributed by atoms with Gasteiger partial charge in [-0.15, -0.1) is 0 Å². The van der Waals surface area contributed by atoms with E-state index in [0.717, 1.165) is 12.8 Å². The minimum Gasteiger partial charge on any atom is -0.478 e. The molecule has 1 aliphatic carbocycles. The highest BCUT2D eigenvalue weighted by atomic mass is 79.9. The van der Waals surface area contributed by atoms with E-state index in [1.54, 1.807) is 6.92 Å². The molecule has 1 aromatic rings. The molecular weight excluding hydrogens is 346 g/mol. The number of carboxylic acids is 1. The molecule has 5 nitrogen and oxygen atoms in total. The second-order valence-corrected chi connectivity index (χ2v) is 7.98. The molecule has 1 aromatic carbocycles. The van der Waals surface area contributed by atoms with Crippen LogP contribution in [0.1, 0.15) is 28.8 Å². The van der Waals surface area contributed by atoms with E-state index in [4.69, 9.17) is 5.11 Å². The number of carbonyl (C=O) groups is 1. The van der Waals surface area contributed by atoms with Crippen LogP contribution in [0.2, 0.25) is 0 Å². The molecule has 0 atom stereocenters. The van der Waals surface area contributed by atoms with Crippen LogP contribution in [0.25, 0.3) is 0 Å². The molecule has 20 heavy (non-hydrogen) atoms. The van der Waals surface area contributed by atoms with Crippen molar-refractivity contribution in [2.75, 3.05) is 13.6 Å². The lowest BCUT2D eigenvalue weighted by Crippen LogP contribution is -2.29. The summed E-state index contributed by atoms with van der Waals surface area (Å²) in [6.45, 7) is 2.14. The monoisotopic (exact) mass is 361 g/mol. The average molecular weight is 362 g/mol. The van der Waals surface area contributed by atoms with Gasteiger partial charge in [0, 0.05) is 18.1 Å². The highest BCUT2D eigenvalue weighted by Crippen LogP contribution is 2.32. The van der Waals surface area contributed by atoms with Crippen molar-refractivity contribution in [3.63, 3.8) is 0 Å². The molecule has 0 spiro atoms. The number of benzene rings is 1. The third-order valence-corrected chi connectivity index (χ3v) is 6.22. The first-order chi connectivity index (χ1) is 9.23. The number of sulfonamides is 1. The third kappa shape index (κ3) is 3.05. The molecule has 1 saturated carbocycles. The summed E-state index contributed by atoms with van der Waals surface area (Å²) in [5, 5.41) is 9.06. The molecule has 1 aliphatic rings. The largest absolute Gasteiger partial charge is 0.478 e. The molecule has 0 heterocycles. The van der Waals surface area contributed by atoms with Crippen molar-refractivity contribution < 1.29 is 18.3 Å². The van der Waals surface area contributed by atoms with E-state index in [9.17, 15) is 13.2 Å². The standard InChI is InChI=1S/C13H16BrNO4S/c1-8-11(14)5-10(13(16)17)6-12(8)20(18,19)15(2)7-9-3-4-9/h5-6,9H,3-4,7H2,1-2H3,(H,16,17). The molecule has 0 amide bonds. The Morgan fingerprint density at radius 3 is 2.55 bits per heavy atom. The van der Waals surface area contributed by atoms with Crippen LogP contribution in [0.3, 0.4) is 0 Å². The van der Waals surface area contributed by atoms with Gasteiger partial charge in [-0.1, -0.05) is 15.9 Å². The van der Waals surface area contributed by atoms with E-state index in [1.807, 2.05) is 0 Å². The Bertz CT molecular complexity index is 653. The van der Waals surface area contributed by atoms with Crippen LogP contribution in [-0.2, 0) is 10.0 Å². The Morgan fingerprint density at radius 2 is 2.05 bits per heavy atom. The van der Waals surface area contributed by atoms with Gasteiger partial charge in [0.1, 0.15) is 0 Å². The van der Waals surface area contributed by atoms with Crippen molar-refractivity contribution in [3.8, 4) is 0 Å². The molecule has 0 saturated heterocycles. The van der Waals surface area contributed by atoms with E-state index in [0.29, 0.717) is 22.5 Å². The third-order valence-electron chi connectivity index (χ3n) is 3.44. The minimum atomic E-state index is -3.66. The van der Waals surface area contributed by atoms with Gasteiger partial charge in [0.25, 0.3) is 0 Å². The maximum Gasteiger partial charge on any atom is 0.335 e. The average Bonchev–Trinajstić information content (AvgIpc) is 3.15. The molecule has 1 fully saturated rings. The van der Waals surface area contributed by atoms with Gasteiger partial charge in [0.2, 0.25) is 10.0 Å². The Labute approximate surface area is 126 Å². The number of hydrogen-bond acceptors (Lipinski definition) is 3. The van der Waals surface area contributed by atoms with Gasteiger partial charge < -0.3 is 5.11 Å². The first kappa shape index (κ1) is 15.5. The summed E-state index contributed by atoms with van der Waals surface area (Å²) in [4.78, 5) is 11.1. The zero-order chi connectivity index (χ0) is 15.1. The lowest BCUT2D eigenvalue weighted by Gasteiger charge is -2.19. The lowest BCUT2D eigenvalue weighted by atomic mass is 10.1. The van der Waals surface area contributed by atoms with Crippen LogP contribution in [0, 0.1) is 12.8 Å². The van der Waals surface area contributed by atoms with Gasteiger partial charge in [0.05, 0.1) is 10.5 Å². The second-order valence-electron chi connectivity index (χ2n) is 5.12. The number of rotatable bonds is 5. The van der Waals surface area contributed by atoms with Gasteiger partial charge in [-0.2, -0.15) is 0 Å². The highest BCUT2D eigenvalue weighted by molar-refractivity contribution is 9.10. The Morgan fingerprint density at radius 1 is 1.45 bits per heavy atom. The zero-order valence-corrected chi connectivity index (χ0v) is 13.7. The molecule has 110 valence electrons. The maximum absolute atomic E-state index is 12.6. The van der Waals surface area contributed by atoms with Gasteiger partial charge in [-0.25, -0.2) is 17.5 Å². The zero-order valence-electron chi connectivity index (χ0n) is 11.3. The van der Waals surface area contributed by atoms with E-state index in [1.165, 1.54) is 23.5 Å². The predicted molar refractivity (Wildman–Crippen MR) is 78.4 cm³/mol. The van der Waals surface area contributed by atoms with Gasteiger partial charge in [-0.3, -0.25) is 0 Å². The fourth-order valence-electron chi connectivity index (χ4n) is 1.98. The summed E-state index contributed by atoms with van der Waals surface area (Å²) in [6.07, 6.45) is 2.11. The summed E-state index contributed by atoms with van der Waals surface area (Å²) < 4.78 is 26.9. The summed E-state index contributed by atoms with van der Waals surface area (Å²) in [5.74, 6) is -0.715. The van der Waals surface area contributed by atoms with Crippen LogP contribution in [0.15, 0.2) is 21.5 Å². The lowest BCUT2D eigenvalue weighted by molar-refractivity contribution is 0.0696. The van der Waals surface area contributed by atoms with Gasteiger partial charge >= 0.3 is 5.97 Å². The molecule has 0 unspecified atom stereocenters. The van der Waals surface area contributed by atoms with Crippen molar-refractivity contribution in [3.05, 3.63) is 27.7 Å². The van der Waals surface area contributed by atoms with Crippen LogP contribution >= 0.6 is 15.9 Å². The smallest absolute Gasteiger partial charge is 0.335 e. The molecule has 0 aromatic heterocycles. The molecule has 1 N–H and O–H groups in total. The summed E-state index contributed by atoms with van der Waals surface area (Å²) in [7, 11) is -2.13. The highest BCUT2D eigenvalue weighted by Gasteiger charge is 2.31. The summed E-state index contributed by atoms with van der Waals surface area (Å²) in [6, 6.07) is 2.64. The molecule has 0 aliphatic heterocycles. The van der Waals surface area contributed by atoms with Crippen molar-refractivity contribution in [1.82, 2.24) is 4.31 Å². The van der Waals surface area contributed by atoms with Crippen molar-refractivity contribution >= 4 is 31.9 Å². The fraction of sp³-hybridized carbons (Fsp3) is 0.462. The van der Waals surface area contributed by atoms with Crippen LogP contribution < -0.4 is 0 Å². The molecule has 0 radical (unpaired) electrons. The van der Waals surface area contributed by atoms with E-state index in [2.05, 4.69) is 15.9 Å². The van der Waals surface area contributed by atoms with Crippen LogP contribution in [-0.4, -0.2) is 37.4 Å². The summed E-state index contributed by atoms with van der Waals surface area (Å²) in [5.41, 5.74) is 0.485. The summed E-state index contributed by atoms with van der Waals surface area (Å²) >= 11 is 3.22. The van der Waals surface area contributed by atoms with Crippen LogP contribution in [0.5, 0.6) is 0 Å². The van der Waals surface area contributed by atoms with E-state index in [-0.39, 0.29) is 10.5 Å². The minimum absolute atomic E-state index is 0.0409. The quantitative estimate of drug-likeness (QED) is 0.873. The van der Waals surface area contributed by atoms with E-state index < -0.39 is 16.0 Å². The Hall–Kier alpha value is -0.920. The number of nitrogens with zero attached hydrogens (tertiary/aromatic N) is 1. The molecule has 7 heteroatoms. The number of carboxylic acid groups (broad SMARTS) is 1. The van der Waals surface area contributed by atoms with Gasteiger partial charge in [-0.05, 0) is 43.4 Å². The van der Waals surface area contributed by atoms with Crippen LogP contribution in [0.4, 0.5) is 0 Å². The Kier molecular flexibility index (Phi) is 4.22. The molecule has 2 rings (SSSR count). The normalized spacial score (nSPS) is 15.6. The van der Waals surface area contributed by atoms with E-state index >= 15 is 0 Å². The number of halogens is 1. The SMILES string of the molecule is Cc1c(Br)cc(C(=O)O)cc1S(=O)(=O)N(C)CC1CC1. The second kappa shape index (κ2) is 5.46. The molecule has 0 bridgehead atoms. The Balaban J connectivity index is 2.46. The van der Waals surface area contributed by atoms with Crippen molar-refractivity contribution in [2.45, 2.75) is 24.7 Å². The first-order valence-electron chi connectivity index (χ1n) is 6.23. The molecular formula is C13H16BrNO4S. The predicted octanol–water partition coefficient (Wildman–Crippen LogP) is 2.49. The van der Waals surface area contributed by atoms with Gasteiger partial charge in [0.15, 0.2) is 0 Å². The number of hydrogen-bond donors (Lipinski definition) is 1. The maximum atomic E-state index is 12.6. The fourth-order valence-corrected chi connectivity index (χ4v) is 4.08.